The van der Waals surface area contributed by atoms with Crippen LogP contribution in [0.4, 0.5) is 4.39 Å². The summed E-state index contributed by atoms with van der Waals surface area (Å²) in [6.07, 6.45) is 7.90. The van der Waals surface area contributed by atoms with Crippen LogP contribution >= 0.6 is 11.8 Å². The van der Waals surface area contributed by atoms with E-state index in [4.69, 9.17) is 14.2 Å². The van der Waals surface area contributed by atoms with Gasteiger partial charge in [0.1, 0.15) is 35.6 Å². The van der Waals surface area contributed by atoms with Gasteiger partial charge in [0.2, 0.25) is 5.88 Å². The molecule has 2 aromatic carbocycles. The Hall–Kier alpha value is -3.79. The van der Waals surface area contributed by atoms with E-state index in [1.54, 1.807) is 18.2 Å². The van der Waals surface area contributed by atoms with Crippen LogP contribution in [0.25, 0.3) is 0 Å². The minimum absolute atomic E-state index is 0.0209. The molecule has 8 nitrogen and oxygen atoms in total. The normalized spacial score (nSPS) is 20.2. The highest BCUT2D eigenvalue weighted by molar-refractivity contribution is 7.99. The number of pyridine rings is 1. The van der Waals surface area contributed by atoms with Crippen LogP contribution in [0.1, 0.15) is 77.6 Å². The van der Waals surface area contributed by atoms with Crippen LogP contribution < -0.4 is 24.8 Å². The minimum atomic E-state index is -0.575. The van der Waals surface area contributed by atoms with Gasteiger partial charge in [0.15, 0.2) is 0 Å². The maximum absolute atomic E-state index is 14.1. The summed E-state index contributed by atoms with van der Waals surface area (Å²) in [6.45, 7) is 1.01. The van der Waals surface area contributed by atoms with Gasteiger partial charge in [-0.1, -0.05) is 30.3 Å². The molecule has 0 atom stereocenters. The van der Waals surface area contributed by atoms with Gasteiger partial charge >= 0.3 is 0 Å². The number of carbonyl (C=O) groups is 2. The molecule has 3 fully saturated rings. The molecule has 6 rings (SSSR count). The maximum Gasteiger partial charge on any atom is 0.257 e. The van der Waals surface area contributed by atoms with Gasteiger partial charge in [-0.25, -0.2) is 9.37 Å². The minimum Gasteiger partial charge on any atom is -0.492 e. The summed E-state index contributed by atoms with van der Waals surface area (Å²) in [4.78, 5) is 30.7. The number of rotatable bonds is 12. The third-order valence-electron chi connectivity index (χ3n) is 8.52. The number of carbonyl (C=O) groups excluding carboxylic acids is 2. The zero-order valence-corrected chi connectivity index (χ0v) is 26.2. The fourth-order valence-electron chi connectivity index (χ4n) is 5.68. The molecule has 0 radical (unpaired) electrons. The first-order chi connectivity index (χ1) is 22.0. The fourth-order valence-corrected chi connectivity index (χ4v) is 6.74. The fraction of sp³-hybridized carbons (Fsp3) is 0.457. The van der Waals surface area contributed by atoms with Gasteiger partial charge in [0, 0.05) is 18.2 Å². The number of aromatic nitrogens is 1. The maximum atomic E-state index is 14.1. The molecule has 2 saturated carbocycles. The summed E-state index contributed by atoms with van der Waals surface area (Å²) in [7, 11) is 0. The van der Waals surface area contributed by atoms with Crippen molar-refractivity contribution in [3.8, 4) is 17.4 Å². The number of benzene rings is 2. The standard InChI is InChI=1S/C35H40FN3O5S/c36-25-18-31(35(37-20-25)44-28-14-16-45-17-15-28)34(41)39-27-10-8-26(9-11-27)38-33(40)30-13-12-29(19-32(30)43-22-24-6-7-24)42-21-23-4-2-1-3-5-23/h1-5,12-13,18-20,24,26-28H,6-11,14-17,21-22H2,(H,38,40)(H,39,41)/t26-,27+. The van der Waals surface area contributed by atoms with Crippen LogP contribution in [-0.2, 0) is 6.61 Å². The molecule has 0 unspecified atom stereocenters. The van der Waals surface area contributed by atoms with E-state index in [1.165, 1.54) is 6.07 Å². The molecule has 238 valence electrons. The van der Waals surface area contributed by atoms with E-state index in [-0.39, 0.29) is 41.4 Å². The lowest BCUT2D eigenvalue weighted by molar-refractivity contribution is 0.0883. The number of hydrogen-bond acceptors (Lipinski definition) is 7. The molecular weight excluding hydrogens is 593 g/mol. The molecule has 45 heavy (non-hydrogen) atoms. The first-order valence-corrected chi connectivity index (χ1v) is 17.1. The van der Waals surface area contributed by atoms with E-state index < -0.39 is 5.82 Å². The summed E-state index contributed by atoms with van der Waals surface area (Å²) in [5.74, 6) is 2.75. The van der Waals surface area contributed by atoms with Crippen molar-refractivity contribution in [2.24, 2.45) is 5.92 Å². The van der Waals surface area contributed by atoms with Gasteiger partial charge < -0.3 is 24.8 Å². The van der Waals surface area contributed by atoms with Crippen LogP contribution in [0.15, 0.2) is 60.8 Å². The molecule has 1 saturated heterocycles. The molecule has 2 amide bonds. The predicted molar refractivity (Wildman–Crippen MR) is 172 cm³/mol. The highest BCUT2D eigenvalue weighted by Crippen LogP contribution is 2.32. The summed E-state index contributed by atoms with van der Waals surface area (Å²) in [5, 5.41) is 6.21. The van der Waals surface area contributed by atoms with Crippen molar-refractivity contribution >= 4 is 23.6 Å². The second kappa shape index (κ2) is 15.0. The van der Waals surface area contributed by atoms with Crippen molar-refractivity contribution in [2.75, 3.05) is 18.1 Å². The van der Waals surface area contributed by atoms with E-state index in [0.717, 1.165) is 48.9 Å². The SMILES string of the molecule is O=C(N[C@H]1CC[C@@H](NC(=O)c2cc(F)cnc2OC2CCSCC2)CC1)c1ccc(OCc2ccccc2)cc1OCC1CC1. The Morgan fingerprint density at radius 1 is 0.822 bits per heavy atom. The summed E-state index contributed by atoms with van der Waals surface area (Å²) < 4.78 is 32.2. The van der Waals surface area contributed by atoms with Gasteiger partial charge in [-0.15, -0.1) is 0 Å². The van der Waals surface area contributed by atoms with Gasteiger partial charge in [0.05, 0.1) is 18.4 Å². The van der Waals surface area contributed by atoms with E-state index in [0.29, 0.717) is 61.9 Å². The van der Waals surface area contributed by atoms with Gasteiger partial charge in [0.25, 0.3) is 11.8 Å². The molecule has 2 heterocycles. The summed E-state index contributed by atoms with van der Waals surface area (Å²) in [5.41, 5.74) is 1.67. The van der Waals surface area contributed by atoms with Crippen molar-refractivity contribution in [1.29, 1.82) is 0 Å². The zero-order valence-electron chi connectivity index (χ0n) is 25.3. The lowest BCUT2D eigenvalue weighted by atomic mass is 9.90. The van der Waals surface area contributed by atoms with Crippen LogP contribution in [0.3, 0.4) is 0 Å². The van der Waals surface area contributed by atoms with Crippen molar-refractivity contribution in [3.05, 3.63) is 83.3 Å². The smallest absolute Gasteiger partial charge is 0.257 e. The summed E-state index contributed by atoms with van der Waals surface area (Å²) >= 11 is 1.88. The molecule has 1 aromatic heterocycles. The van der Waals surface area contributed by atoms with Crippen LogP contribution in [0, 0.1) is 11.7 Å². The average Bonchev–Trinajstić information content (AvgIpc) is 3.90. The summed E-state index contributed by atoms with van der Waals surface area (Å²) in [6, 6.07) is 16.4. The van der Waals surface area contributed by atoms with E-state index in [2.05, 4.69) is 15.6 Å². The molecule has 2 N–H and O–H groups in total. The lowest BCUT2D eigenvalue weighted by Gasteiger charge is -2.30. The molecule has 3 aliphatic rings. The highest BCUT2D eigenvalue weighted by Gasteiger charge is 2.28. The van der Waals surface area contributed by atoms with Crippen LogP contribution in [-0.4, -0.2) is 53.1 Å². The Morgan fingerprint density at radius 2 is 1.51 bits per heavy atom. The van der Waals surface area contributed by atoms with Crippen LogP contribution in [0.2, 0.25) is 0 Å². The number of nitrogens with one attached hydrogen (secondary N) is 2. The Balaban J connectivity index is 1.03. The number of ether oxygens (including phenoxy) is 3. The molecule has 1 aliphatic heterocycles. The predicted octanol–water partition coefficient (Wildman–Crippen LogP) is 6.33. The first kappa shape index (κ1) is 31.2. The molecule has 0 spiro atoms. The quantitative estimate of drug-likeness (QED) is 0.240. The molecule has 2 aliphatic carbocycles. The van der Waals surface area contributed by atoms with Crippen molar-refractivity contribution in [1.82, 2.24) is 15.6 Å². The Morgan fingerprint density at radius 3 is 2.20 bits per heavy atom. The third kappa shape index (κ3) is 8.90. The second-order valence-electron chi connectivity index (χ2n) is 12.1. The monoisotopic (exact) mass is 633 g/mol. The number of thioether (sulfide) groups is 1. The Labute approximate surface area is 267 Å². The van der Waals surface area contributed by atoms with Gasteiger partial charge in [-0.2, -0.15) is 11.8 Å². The van der Waals surface area contributed by atoms with E-state index in [9.17, 15) is 14.0 Å². The van der Waals surface area contributed by atoms with E-state index in [1.807, 2.05) is 42.1 Å². The Kier molecular flexibility index (Phi) is 10.4. The topological polar surface area (TPSA) is 98.8 Å². The average molecular weight is 634 g/mol. The van der Waals surface area contributed by atoms with E-state index >= 15 is 0 Å². The zero-order chi connectivity index (χ0) is 31.0. The first-order valence-electron chi connectivity index (χ1n) is 16.0. The number of halogens is 1. The third-order valence-corrected chi connectivity index (χ3v) is 9.57. The molecule has 3 aromatic rings. The number of amides is 2. The number of hydrogen-bond donors (Lipinski definition) is 2. The highest BCUT2D eigenvalue weighted by atomic mass is 32.2. The molecule has 10 heteroatoms. The van der Waals surface area contributed by atoms with Gasteiger partial charge in [-0.3, -0.25) is 9.59 Å². The molecule has 0 bridgehead atoms. The largest absolute Gasteiger partial charge is 0.492 e. The van der Waals surface area contributed by atoms with Crippen molar-refractivity contribution < 1.29 is 28.2 Å². The van der Waals surface area contributed by atoms with Crippen LogP contribution in [0.5, 0.6) is 17.4 Å². The second-order valence-corrected chi connectivity index (χ2v) is 13.3. The van der Waals surface area contributed by atoms with Crippen molar-refractivity contribution in [2.45, 2.75) is 76.2 Å². The lowest BCUT2D eigenvalue weighted by Crippen LogP contribution is -2.44. The number of nitrogens with zero attached hydrogens (tertiary/aromatic N) is 1. The molecular formula is C35H40FN3O5S. The Bertz CT molecular complexity index is 1460. The van der Waals surface area contributed by atoms with Crippen molar-refractivity contribution in [3.63, 3.8) is 0 Å². The van der Waals surface area contributed by atoms with Gasteiger partial charge in [-0.05, 0) is 92.6 Å².